The summed E-state index contributed by atoms with van der Waals surface area (Å²) in [5.41, 5.74) is 2.45. The van der Waals surface area contributed by atoms with Crippen LogP contribution in [0.3, 0.4) is 0 Å². The third kappa shape index (κ3) is 3.70. The highest BCUT2D eigenvalue weighted by atomic mass is 32.2. The van der Waals surface area contributed by atoms with Crippen LogP contribution in [0.5, 0.6) is 0 Å². The summed E-state index contributed by atoms with van der Waals surface area (Å²) >= 11 is 1.44. The number of primary sulfonamides is 1. The number of hydrogen-bond donors (Lipinski definition) is 1. The summed E-state index contributed by atoms with van der Waals surface area (Å²) in [6.45, 7) is 4.39. The molecule has 0 saturated carbocycles. The van der Waals surface area contributed by atoms with Crippen molar-refractivity contribution in [2.75, 3.05) is 7.05 Å². The Labute approximate surface area is 155 Å². The molecule has 7 nitrogen and oxygen atoms in total. The van der Waals surface area contributed by atoms with Gasteiger partial charge in [0.05, 0.1) is 10.6 Å². The van der Waals surface area contributed by atoms with Crippen LogP contribution >= 0.6 is 11.3 Å². The minimum Gasteiger partial charge on any atom is -0.294 e. The first-order valence-corrected chi connectivity index (χ1v) is 10.4. The van der Waals surface area contributed by atoms with E-state index < -0.39 is 10.0 Å². The van der Waals surface area contributed by atoms with Crippen molar-refractivity contribution < 1.29 is 8.42 Å². The zero-order chi connectivity index (χ0) is 19.1. The molecule has 0 bridgehead atoms. The summed E-state index contributed by atoms with van der Waals surface area (Å²) in [6.07, 6.45) is 0. The highest BCUT2D eigenvalue weighted by Crippen LogP contribution is 2.22. The summed E-state index contributed by atoms with van der Waals surface area (Å²) < 4.78 is 24.3. The maximum Gasteiger partial charge on any atom is 0.259 e. The van der Waals surface area contributed by atoms with Gasteiger partial charge >= 0.3 is 0 Å². The summed E-state index contributed by atoms with van der Waals surface area (Å²) in [5.74, 6) is 0. The molecule has 26 heavy (non-hydrogen) atoms. The van der Waals surface area contributed by atoms with Crippen LogP contribution in [0.4, 0.5) is 0 Å². The van der Waals surface area contributed by atoms with Gasteiger partial charge in [-0.3, -0.25) is 14.1 Å². The van der Waals surface area contributed by atoms with E-state index in [9.17, 15) is 13.2 Å². The topological polar surface area (TPSA) is 97.8 Å². The molecule has 0 aliphatic carbocycles. The van der Waals surface area contributed by atoms with E-state index in [0.717, 1.165) is 11.3 Å². The third-order valence-electron chi connectivity index (χ3n) is 4.39. The molecule has 0 aliphatic heterocycles. The molecule has 1 aromatic carbocycles. The molecule has 0 fully saturated rings. The van der Waals surface area contributed by atoms with E-state index in [-0.39, 0.29) is 16.5 Å². The second kappa shape index (κ2) is 6.92. The number of nitrogens with zero attached hydrogens (tertiary/aromatic N) is 3. The van der Waals surface area contributed by atoms with Crippen molar-refractivity contribution in [3.05, 3.63) is 63.0 Å². The molecule has 0 radical (unpaired) electrons. The van der Waals surface area contributed by atoms with E-state index in [1.54, 1.807) is 22.6 Å². The van der Waals surface area contributed by atoms with E-state index in [0.29, 0.717) is 17.2 Å². The van der Waals surface area contributed by atoms with Crippen molar-refractivity contribution in [1.29, 1.82) is 0 Å². The quantitative estimate of drug-likeness (QED) is 0.715. The van der Waals surface area contributed by atoms with Crippen molar-refractivity contribution in [1.82, 2.24) is 14.3 Å². The highest BCUT2D eigenvalue weighted by Gasteiger charge is 2.15. The zero-order valence-electron chi connectivity index (χ0n) is 14.7. The molecule has 2 heterocycles. The maximum absolute atomic E-state index is 12.3. The summed E-state index contributed by atoms with van der Waals surface area (Å²) in [7, 11) is -1.77. The van der Waals surface area contributed by atoms with Gasteiger partial charge < -0.3 is 0 Å². The van der Waals surface area contributed by atoms with Gasteiger partial charge in [-0.25, -0.2) is 18.5 Å². The van der Waals surface area contributed by atoms with E-state index in [1.807, 2.05) is 31.2 Å². The first kappa shape index (κ1) is 18.7. The van der Waals surface area contributed by atoms with E-state index >= 15 is 0 Å². The summed E-state index contributed by atoms with van der Waals surface area (Å²) in [5, 5.41) is 7.04. The Morgan fingerprint density at radius 3 is 2.58 bits per heavy atom. The van der Waals surface area contributed by atoms with Gasteiger partial charge in [-0.05, 0) is 38.6 Å². The van der Waals surface area contributed by atoms with Gasteiger partial charge in [0.1, 0.15) is 0 Å². The van der Waals surface area contributed by atoms with Crippen LogP contribution in [0.25, 0.3) is 4.96 Å². The average Bonchev–Trinajstić information content (AvgIpc) is 2.95. The van der Waals surface area contributed by atoms with Crippen molar-refractivity contribution in [2.24, 2.45) is 5.14 Å². The number of fused-ring (bicyclic) bond motifs is 1. The van der Waals surface area contributed by atoms with Crippen molar-refractivity contribution in [2.45, 2.75) is 31.3 Å². The lowest BCUT2D eigenvalue weighted by molar-refractivity contribution is 0.250. The predicted molar refractivity (Wildman–Crippen MR) is 102 cm³/mol. The average molecular weight is 393 g/mol. The van der Waals surface area contributed by atoms with Gasteiger partial charge in [-0.2, -0.15) is 0 Å². The Hall–Kier alpha value is -2.07. The van der Waals surface area contributed by atoms with E-state index in [1.165, 1.54) is 23.5 Å². The lowest BCUT2D eigenvalue weighted by atomic mass is 10.1. The third-order valence-corrected chi connectivity index (χ3v) is 6.27. The maximum atomic E-state index is 12.3. The number of sulfonamides is 1. The van der Waals surface area contributed by atoms with E-state index in [2.05, 4.69) is 4.98 Å². The minimum absolute atomic E-state index is 0.00912. The molecule has 0 aliphatic rings. The van der Waals surface area contributed by atoms with E-state index in [4.69, 9.17) is 5.14 Å². The lowest BCUT2D eigenvalue weighted by Crippen LogP contribution is -2.24. The Morgan fingerprint density at radius 2 is 1.96 bits per heavy atom. The molecule has 1 unspecified atom stereocenters. The molecule has 0 saturated heterocycles. The van der Waals surface area contributed by atoms with Gasteiger partial charge in [0, 0.05) is 29.7 Å². The van der Waals surface area contributed by atoms with Crippen LogP contribution in [-0.2, 0) is 16.6 Å². The second-order valence-corrected chi connectivity index (χ2v) is 8.68. The van der Waals surface area contributed by atoms with Crippen LogP contribution < -0.4 is 10.7 Å². The Balaban J connectivity index is 1.81. The molecule has 9 heteroatoms. The van der Waals surface area contributed by atoms with Gasteiger partial charge in [0.15, 0.2) is 4.96 Å². The molecule has 0 amide bonds. The lowest BCUT2D eigenvalue weighted by Gasteiger charge is -2.24. The second-order valence-electron chi connectivity index (χ2n) is 6.29. The number of aromatic nitrogens is 2. The molecule has 3 rings (SSSR count). The molecule has 3 aromatic rings. The Kier molecular flexibility index (Phi) is 4.98. The molecular formula is C17H20N4O3S2. The number of thiazole rings is 1. The fraction of sp³-hybridized carbons (Fsp3) is 0.294. The highest BCUT2D eigenvalue weighted by molar-refractivity contribution is 7.89. The first-order valence-electron chi connectivity index (χ1n) is 7.96. The monoisotopic (exact) mass is 392 g/mol. The number of benzene rings is 1. The van der Waals surface area contributed by atoms with Crippen LogP contribution in [-0.4, -0.2) is 29.8 Å². The van der Waals surface area contributed by atoms with Crippen LogP contribution in [0.1, 0.15) is 29.9 Å². The fourth-order valence-electron chi connectivity index (χ4n) is 2.76. The summed E-state index contributed by atoms with van der Waals surface area (Å²) in [6, 6.07) is 8.06. The fourth-order valence-corrected chi connectivity index (χ4v) is 4.17. The minimum atomic E-state index is -3.70. The molecule has 2 N–H and O–H groups in total. The first-order chi connectivity index (χ1) is 12.2. The van der Waals surface area contributed by atoms with Gasteiger partial charge in [0.25, 0.3) is 5.56 Å². The molecule has 0 spiro atoms. The molecule has 138 valence electrons. The largest absolute Gasteiger partial charge is 0.294 e. The number of aryl methyl sites for hydroxylation is 1. The van der Waals surface area contributed by atoms with Gasteiger partial charge in [-0.15, -0.1) is 11.3 Å². The summed E-state index contributed by atoms with van der Waals surface area (Å²) in [4.78, 5) is 19.7. The van der Waals surface area contributed by atoms with Gasteiger partial charge in [-0.1, -0.05) is 12.1 Å². The number of hydrogen-bond acceptors (Lipinski definition) is 6. The molecular weight excluding hydrogens is 372 g/mol. The van der Waals surface area contributed by atoms with Crippen LogP contribution in [0, 0.1) is 6.92 Å². The number of rotatable bonds is 5. The van der Waals surface area contributed by atoms with Crippen LogP contribution in [0.15, 0.2) is 45.4 Å². The number of nitrogens with two attached hydrogens (primary N) is 1. The normalized spacial score (nSPS) is 13.4. The van der Waals surface area contributed by atoms with Crippen LogP contribution in [0.2, 0.25) is 0 Å². The van der Waals surface area contributed by atoms with Crippen molar-refractivity contribution in [3.63, 3.8) is 0 Å². The van der Waals surface area contributed by atoms with Gasteiger partial charge in [0.2, 0.25) is 10.0 Å². The van der Waals surface area contributed by atoms with Crippen molar-refractivity contribution >= 4 is 26.3 Å². The predicted octanol–water partition coefficient (Wildman–Crippen LogP) is 1.90. The Bertz CT molecular complexity index is 1100. The van der Waals surface area contributed by atoms with Crippen molar-refractivity contribution in [3.8, 4) is 0 Å². The molecule has 2 aromatic heterocycles. The zero-order valence-corrected chi connectivity index (χ0v) is 16.3. The SMILES string of the molecule is Cc1csc2nc(CN(C)C(C)c3ccc(S(N)(=O)=O)cc3)cc(=O)n12. The smallest absolute Gasteiger partial charge is 0.259 e. The Morgan fingerprint density at radius 1 is 1.31 bits per heavy atom. The standard InChI is InChI=1S/C17H20N4O3S2/c1-11-10-25-17-19-14(8-16(22)21(11)17)9-20(3)12(2)13-4-6-15(7-5-13)26(18,23)24/h4-8,10,12H,9H2,1-3H3,(H2,18,23,24). The molecule has 1 atom stereocenters.